The van der Waals surface area contributed by atoms with Crippen LogP contribution in [-0.4, -0.2) is 37.9 Å². The fraction of sp³-hybridized carbons (Fsp3) is 0.316. The summed E-state index contributed by atoms with van der Waals surface area (Å²) in [5, 5.41) is 0. The zero-order chi connectivity index (χ0) is 20.8. The molecule has 1 fully saturated rings. The number of halogens is 3. The standard InChI is InChI=1S/C19H17BrF2N2O4S/c20-13-1-3-17-12(9-13)11-28-19(25)24(17)15-5-7-23(8-6-15)29(26,27)18-4-2-14(21)10-16(18)22/h1-4,9-10,15H,5-8,11H2. The van der Waals surface area contributed by atoms with Crippen molar-refractivity contribution >= 4 is 37.7 Å². The highest BCUT2D eigenvalue weighted by molar-refractivity contribution is 9.10. The Labute approximate surface area is 175 Å². The highest BCUT2D eigenvalue weighted by atomic mass is 79.9. The second-order valence-corrected chi connectivity index (χ2v) is 9.73. The van der Waals surface area contributed by atoms with Gasteiger partial charge in [-0.05, 0) is 43.2 Å². The predicted molar refractivity (Wildman–Crippen MR) is 105 cm³/mol. The van der Waals surface area contributed by atoms with Crippen LogP contribution in [0.5, 0.6) is 0 Å². The number of amides is 1. The van der Waals surface area contributed by atoms with Gasteiger partial charge in [0.15, 0.2) is 0 Å². The number of piperidine rings is 1. The number of sulfonamides is 1. The Kier molecular flexibility index (Phi) is 5.34. The monoisotopic (exact) mass is 486 g/mol. The third-order valence-electron chi connectivity index (χ3n) is 5.15. The van der Waals surface area contributed by atoms with Crippen LogP contribution in [0.2, 0.25) is 0 Å². The van der Waals surface area contributed by atoms with Crippen LogP contribution in [0.4, 0.5) is 19.3 Å². The summed E-state index contributed by atoms with van der Waals surface area (Å²) in [5.74, 6) is -1.96. The van der Waals surface area contributed by atoms with Gasteiger partial charge in [0.2, 0.25) is 10.0 Å². The van der Waals surface area contributed by atoms with Crippen molar-refractivity contribution in [2.24, 2.45) is 0 Å². The summed E-state index contributed by atoms with van der Waals surface area (Å²) in [6.45, 7) is 0.403. The molecule has 4 rings (SSSR count). The van der Waals surface area contributed by atoms with Crippen molar-refractivity contribution in [3.8, 4) is 0 Å². The lowest BCUT2D eigenvalue weighted by molar-refractivity contribution is 0.135. The number of rotatable bonds is 3. The van der Waals surface area contributed by atoms with Gasteiger partial charge in [-0.2, -0.15) is 4.31 Å². The van der Waals surface area contributed by atoms with Crippen molar-refractivity contribution in [1.82, 2.24) is 4.31 Å². The number of ether oxygens (including phenoxy) is 1. The van der Waals surface area contributed by atoms with E-state index in [9.17, 15) is 22.0 Å². The highest BCUT2D eigenvalue weighted by Crippen LogP contribution is 2.34. The summed E-state index contributed by atoms with van der Waals surface area (Å²) < 4.78 is 59.9. The van der Waals surface area contributed by atoms with Crippen LogP contribution in [-0.2, 0) is 21.4 Å². The molecule has 0 spiro atoms. The second kappa shape index (κ2) is 7.66. The number of hydrogen-bond donors (Lipinski definition) is 0. The zero-order valence-corrected chi connectivity index (χ0v) is 17.5. The molecule has 0 aromatic heterocycles. The van der Waals surface area contributed by atoms with Gasteiger partial charge in [-0.25, -0.2) is 22.0 Å². The normalized spacial score (nSPS) is 18.4. The molecular weight excluding hydrogens is 470 g/mol. The van der Waals surface area contributed by atoms with Gasteiger partial charge in [-0.1, -0.05) is 15.9 Å². The molecule has 0 saturated carbocycles. The molecule has 154 valence electrons. The fourth-order valence-corrected chi connectivity index (χ4v) is 5.65. The van der Waals surface area contributed by atoms with E-state index in [2.05, 4.69) is 15.9 Å². The molecular formula is C19H17BrF2N2O4S. The van der Waals surface area contributed by atoms with Crippen LogP contribution in [0.3, 0.4) is 0 Å². The molecule has 0 N–H and O–H groups in total. The van der Waals surface area contributed by atoms with Crippen LogP contribution in [0.25, 0.3) is 0 Å². The van der Waals surface area contributed by atoms with E-state index in [-0.39, 0.29) is 25.7 Å². The quantitative estimate of drug-likeness (QED) is 0.656. The Morgan fingerprint density at radius 2 is 1.79 bits per heavy atom. The Morgan fingerprint density at radius 1 is 1.07 bits per heavy atom. The van der Waals surface area contributed by atoms with Crippen molar-refractivity contribution in [3.05, 3.63) is 58.1 Å². The van der Waals surface area contributed by atoms with Gasteiger partial charge in [0.25, 0.3) is 0 Å². The van der Waals surface area contributed by atoms with E-state index in [1.807, 2.05) is 18.2 Å². The average molecular weight is 487 g/mol. The molecule has 1 amide bonds. The fourth-order valence-electron chi connectivity index (χ4n) is 3.72. The first-order chi connectivity index (χ1) is 13.8. The molecule has 2 aliphatic rings. The first-order valence-corrected chi connectivity index (χ1v) is 11.2. The van der Waals surface area contributed by atoms with Crippen molar-refractivity contribution < 1.29 is 26.7 Å². The molecule has 0 bridgehead atoms. The number of cyclic esters (lactones) is 1. The van der Waals surface area contributed by atoms with Gasteiger partial charge in [0, 0.05) is 35.2 Å². The van der Waals surface area contributed by atoms with Crippen LogP contribution < -0.4 is 4.90 Å². The minimum atomic E-state index is -4.09. The van der Waals surface area contributed by atoms with E-state index >= 15 is 0 Å². The number of nitrogens with zero attached hydrogens (tertiary/aromatic N) is 2. The number of benzene rings is 2. The number of carbonyl (C=O) groups excluding carboxylic acids is 1. The van der Waals surface area contributed by atoms with E-state index in [1.165, 1.54) is 0 Å². The van der Waals surface area contributed by atoms with Crippen LogP contribution in [0.1, 0.15) is 18.4 Å². The van der Waals surface area contributed by atoms with E-state index in [0.29, 0.717) is 18.9 Å². The molecule has 0 unspecified atom stereocenters. The Bertz CT molecular complexity index is 1070. The Balaban J connectivity index is 1.53. The maximum absolute atomic E-state index is 14.0. The second-order valence-electron chi connectivity index (χ2n) is 6.91. The molecule has 10 heteroatoms. The van der Waals surface area contributed by atoms with Crippen LogP contribution in [0.15, 0.2) is 45.8 Å². The molecule has 2 aromatic rings. The maximum atomic E-state index is 14.0. The lowest BCUT2D eigenvalue weighted by atomic mass is 10.0. The molecule has 2 heterocycles. The average Bonchev–Trinajstić information content (AvgIpc) is 2.68. The van der Waals surface area contributed by atoms with Gasteiger partial charge in [-0.3, -0.25) is 4.90 Å². The van der Waals surface area contributed by atoms with Crippen molar-refractivity contribution in [2.75, 3.05) is 18.0 Å². The largest absolute Gasteiger partial charge is 0.444 e. The zero-order valence-electron chi connectivity index (χ0n) is 15.1. The van der Waals surface area contributed by atoms with E-state index in [1.54, 1.807) is 4.90 Å². The highest BCUT2D eigenvalue weighted by Gasteiger charge is 2.37. The van der Waals surface area contributed by atoms with E-state index in [0.717, 1.165) is 32.2 Å². The van der Waals surface area contributed by atoms with Crippen molar-refractivity contribution in [3.63, 3.8) is 0 Å². The maximum Gasteiger partial charge on any atom is 0.414 e. The Morgan fingerprint density at radius 3 is 2.48 bits per heavy atom. The summed E-state index contributed by atoms with van der Waals surface area (Å²) in [6, 6.07) is 7.71. The number of fused-ring (bicyclic) bond motifs is 1. The van der Waals surface area contributed by atoms with Gasteiger partial charge in [0.1, 0.15) is 23.1 Å². The molecule has 0 aliphatic carbocycles. The first-order valence-electron chi connectivity index (χ1n) is 8.97. The smallest absolute Gasteiger partial charge is 0.414 e. The third-order valence-corrected chi connectivity index (χ3v) is 7.57. The number of anilines is 1. The van der Waals surface area contributed by atoms with E-state index < -0.39 is 32.6 Å². The SMILES string of the molecule is O=C1OCc2cc(Br)ccc2N1C1CCN(S(=O)(=O)c2ccc(F)cc2F)CC1. The molecule has 2 aliphatic heterocycles. The van der Waals surface area contributed by atoms with Gasteiger partial charge in [-0.15, -0.1) is 0 Å². The van der Waals surface area contributed by atoms with E-state index in [4.69, 9.17) is 4.74 Å². The predicted octanol–water partition coefficient (Wildman–Crippen LogP) is 4.04. The molecule has 0 radical (unpaired) electrons. The van der Waals surface area contributed by atoms with Crippen LogP contribution >= 0.6 is 15.9 Å². The number of hydrogen-bond acceptors (Lipinski definition) is 4. The lowest BCUT2D eigenvalue weighted by Gasteiger charge is -2.39. The topological polar surface area (TPSA) is 66.9 Å². The van der Waals surface area contributed by atoms with Crippen molar-refractivity contribution in [1.29, 1.82) is 0 Å². The minimum Gasteiger partial charge on any atom is -0.444 e. The van der Waals surface area contributed by atoms with Gasteiger partial charge >= 0.3 is 6.09 Å². The summed E-state index contributed by atoms with van der Waals surface area (Å²) in [4.78, 5) is 13.4. The Hall–Kier alpha value is -2.04. The molecule has 29 heavy (non-hydrogen) atoms. The first kappa shape index (κ1) is 20.2. The summed E-state index contributed by atoms with van der Waals surface area (Å²) in [7, 11) is -4.09. The van der Waals surface area contributed by atoms with Gasteiger partial charge in [0.05, 0.1) is 5.69 Å². The molecule has 1 saturated heterocycles. The summed E-state index contributed by atoms with van der Waals surface area (Å²) in [5.41, 5.74) is 1.61. The van der Waals surface area contributed by atoms with Crippen molar-refractivity contribution in [2.45, 2.75) is 30.4 Å². The minimum absolute atomic E-state index is 0.111. The summed E-state index contributed by atoms with van der Waals surface area (Å²) >= 11 is 3.40. The third kappa shape index (κ3) is 3.76. The lowest BCUT2D eigenvalue weighted by Crippen LogP contribution is -2.50. The summed E-state index contributed by atoms with van der Waals surface area (Å²) in [6.07, 6.45) is 0.268. The van der Waals surface area contributed by atoms with Crippen LogP contribution in [0, 0.1) is 11.6 Å². The number of carbonyl (C=O) groups is 1. The molecule has 2 aromatic carbocycles. The molecule has 0 atom stereocenters. The van der Waals surface area contributed by atoms with Gasteiger partial charge < -0.3 is 4.74 Å². The molecule has 6 nitrogen and oxygen atoms in total.